The Balaban J connectivity index is 2.69. The van der Waals surface area contributed by atoms with E-state index in [-0.39, 0.29) is 0 Å². The Bertz CT molecular complexity index is 248. The second-order valence-corrected chi connectivity index (χ2v) is 3.22. The summed E-state index contributed by atoms with van der Waals surface area (Å²) in [6, 6.07) is 0. The molecular formula is C9H15N3O. The van der Waals surface area contributed by atoms with Crippen LogP contribution >= 0.6 is 0 Å². The van der Waals surface area contributed by atoms with Crippen molar-refractivity contribution in [2.45, 2.75) is 18.9 Å². The molecule has 0 aliphatic rings. The third kappa shape index (κ3) is 2.75. The van der Waals surface area contributed by atoms with Crippen LogP contribution in [-0.4, -0.2) is 28.7 Å². The molecule has 1 unspecified atom stereocenters. The highest BCUT2D eigenvalue weighted by Gasteiger charge is 2.23. The molecule has 0 saturated carbocycles. The topological polar surface area (TPSA) is 58.0 Å². The molecule has 4 nitrogen and oxygen atoms in total. The third-order valence-electron chi connectivity index (χ3n) is 1.98. The van der Waals surface area contributed by atoms with E-state index in [1.807, 2.05) is 7.05 Å². The Kier molecular flexibility index (Phi) is 3.33. The molecule has 0 spiro atoms. The summed E-state index contributed by atoms with van der Waals surface area (Å²) in [6.45, 7) is 2.50. The summed E-state index contributed by atoms with van der Waals surface area (Å²) in [5.74, 6) is 0. The summed E-state index contributed by atoms with van der Waals surface area (Å²) < 4.78 is 0. The van der Waals surface area contributed by atoms with Gasteiger partial charge in [0.1, 0.15) is 5.60 Å². The number of rotatable bonds is 4. The summed E-state index contributed by atoms with van der Waals surface area (Å²) in [7, 11) is 1.85. The highest BCUT2D eigenvalue weighted by atomic mass is 16.3. The molecular weight excluding hydrogens is 166 g/mol. The molecule has 2 N–H and O–H groups in total. The SMILES string of the molecule is CNCCC(C)(O)c1cnccn1. The van der Waals surface area contributed by atoms with Gasteiger partial charge in [-0.1, -0.05) is 0 Å². The fraction of sp³-hybridized carbons (Fsp3) is 0.556. The molecule has 0 saturated heterocycles. The average molecular weight is 181 g/mol. The van der Waals surface area contributed by atoms with Gasteiger partial charge in [-0.3, -0.25) is 9.97 Å². The molecule has 13 heavy (non-hydrogen) atoms. The van der Waals surface area contributed by atoms with Crippen LogP contribution in [-0.2, 0) is 5.60 Å². The minimum atomic E-state index is -0.892. The van der Waals surface area contributed by atoms with E-state index in [9.17, 15) is 5.11 Å². The van der Waals surface area contributed by atoms with Crippen molar-refractivity contribution in [3.8, 4) is 0 Å². The Morgan fingerprint density at radius 2 is 2.31 bits per heavy atom. The van der Waals surface area contributed by atoms with Crippen molar-refractivity contribution in [2.75, 3.05) is 13.6 Å². The molecule has 1 aromatic heterocycles. The van der Waals surface area contributed by atoms with Gasteiger partial charge in [-0.05, 0) is 26.9 Å². The molecule has 1 aromatic rings. The van der Waals surface area contributed by atoms with Crippen LogP contribution < -0.4 is 5.32 Å². The van der Waals surface area contributed by atoms with E-state index < -0.39 is 5.60 Å². The average Bonchev–Trinajstić information content (AvgIpc) is 2.16. The first-order valence-electron chi connectivity index (χ1n) is 4.30. The summed E-state index contributed by atoms with van der Waals surface area (Å²) in [5, 5.41) is 13.0. The maximum atomic E-state index is 9.97. The van der Waals surface area contributed by atoms with E-state index in [2.05, 4.69) is 15.3 Å². The number of nitrogens with zero attached hydrogens (tertiary/aromatic N) is 2. The van der Waals surface area contributed by atoms with Crippen LogP contribution in [0.25, 0.3) is 0 Å². The van der Waals surface area contributed by atoms with Gasteiger partial charge in [0.25, 0.3) is 0 Å². The zero-order chi connectivity index (χ0) is 9.73. The fourth-order valence-electron chi connectivity index (χ4n) is 1.07. The molecule has 0 bridgehead atoms. The van der Waals surface area contributed by atoms with Crippen molar-refractivity contribution < 1.29 is 5.11 Å². The van der Waals surface area contributed by atoms with Crippen LogP contribution in [0.2, 0.25) is 0 Å². The van der Waals surface area contributed by atoms with Gasteiger partial charge in [0.2, 0.25) is 0 Å². The van der Waals surface area contributed by atoms with E-state index in [1.54, 1.807) is 25.5 Å². The van der Waals surface area contributed by atoms with Gasteiger partial charge in [-0.15, -0.1) is 0 Å². The van der Waals surface area contributed by atoms with Gasteiger partial charge in [0.05, 0.1) is 11.9 Å². The summed E-state index contributed by atoms with van der Waals surface area (Å²) in [4.78, 5) is 7.98. The van der Waals surface area contributed by atoms with Crippen LogP contribution in [0, 0.1) is 0 Å². The maximum absolute atomic E-state index is 9.97. The van der Waals surface area contributed by atoms with Crippen molar-refractivity contribution in [1.29, 1.82) is 0 Å². The highest BCUT2D eigenvalue weighted by Crippen LogP contribution is 2.20. The van der Waals surface area contributed by atoms with E-state index >= 15 is 0 Å². The zero-order valence-corrected chi connectivity index (χ0v) is 7.99. The summed E-state index contributed by atoms with van der Waals surface area (Å²) >= 11 is 0. The van der Waals surface area contributed by atoms with Crippen LogP contribution in [0.1, 0.15) is 19.0 Å². The molecule has 0 amide bonds. The molecule has 0 aromatic carbocycles. The van der Waals surface area contributed by atoms with Crippen molar-refractivity contribution in [2.24, 2.45) is 0 Å². The predicted octanol–water partition coefficient (Wildman–Crippen LogP) is 0.294. The van der Waals surface area contributed by atoms with Crippen LogP contribution in [0.15, 0.2) is 18.6 Å². The first kappa shape index (κ1) is 10.1. The number of aliphatic hydroxyl groups is 1. The van der Waals surface area contributed by atoms with Crippen LogP contribution in [0.4, 0.5) is 0 Å². The molecule has 0 radical (unpaired) electrons. The Morgan fingerprint density at radius 3 is 2.85 bits per heavy atom. The number of hydrogen-bond donors (Lipinski definition) is 2. The van der Waals surface area contributed by atoms with Crippen LogP contribution in [0.3, 0.4) is 0 Å². The molecule has 0 aliphatic carbocycles. The quantitative estimate of drug-likeness (QED) is 0.701. The smallest absolute Gasteiger partial charge is 0.106 e. The van der Waals surface area contributed by atoms with E-state index in [4.69, 9.17) is 0 Å². The van der Waals surface area contributed by atoms with Gasteiger partial charge in [-0.25, -0.2) is 0 Å². The van der Waals surface area contributed by atoms with E-state index in [0.29, 0.717) is 12.1 Å². The minimum Gasteiger partial charge on any atom is -0.384 e. The van der Waals surface area contributed by atoms with Gasteiger partial charge < -0.3 is 10.4 Å². The molecule has 4 heteroatoms. The highest BCUT2D eigenvalue weighted by molar-refractivity contribution is 5.05. The molecule has 1 rings (SSSR count). The molecule has 0 aliphatic heterocycles. The van der Waals surface area contributed by atoms with Crippen LogP contribution in [0.5, 0.6) is 0 Å². The van der Waals surface area contributed by atoms with Gasteiger partial charge in [0, 0.05) is 12.4 Å². The number of aromatic nitrogens is 2. The molecule has 1 heterocycles. The second kappa shape index (κ2) is 4.30. The predicted molar refractivity (Wildman–Crippen MR) is 50.1 cm³/mol. The first-order valence-corrected chi connectivity index (χ1v) is 4.30. The number of hydrogen-bond acceptors (Lipinski definition) is 4. The number of nitrogens with one attached hydrogen (secondary N) is 1. The molecule has 1 atom stereocenters. The zero-order valence-electron chi connectivity index (χ0n) is 7.99. The standard InChI is InChI=1S/C9H15N3O/c1-9(13,3-4-10-2)8-7-11-5-6-12-8/h5-7,10,13H,3-4H2,1-2H3. The lowest BCUT2D eigenvalue weighted by Crippen LogP contribution is -2.27. The van der Waals surface area contributed by atoms with Crippen molar-refractivity contribution in [1.82, 2.24) is 15.3 Å². The largest absolute Gasteiger partial charge is 0.384 e. The van der Waals surface area contributed by atoms with Gasteiger partial charge >= 0.3 is 0 Å². The summed E-state index contributed by atoms with van der Waals surface area (Å²) in [5.41, 5.74) is -0.276. The monoisotopic (exact) mass is 181 g/mol. The van der Waals surface area contributed by atoms with E-state index in [0.717, 1.165) is 6.54 Å². The first-order chi connectivity index (χ1) is 6.17. The second-order valence-electron chi connectivity index (χ2n) is 3.22. The van der Waals surface area contributed by atoms with Crippen molar-refractivity contribution in [3.63, 3.8) is 0 Å². The lowest BCUT2D eigenvalue weighted by atomic mass is 9.99. The van der Waals surface area contributed by atoms with Gasteiger partial charge in [-0.2, -0.15) is 0 Å². The fourth-order valence-corrected chi connectivity index (χ4v) is 1.07. The third-order valence-corrected chi connectivity index (χ3v) is 1.98. The normalized spacial score (nSPS) is 15.3. The molecule has 72 valence electrons. The van der Waals surface area contributed by atoms with E-state index in [1.165, 1.54) is 0 Å². The Labute approximate surface area is 78.0 Å². The lowest BCUT2D eigenvalue weighted by molar-refractivity contribution is 0.0436. The van der Waals surface area contributed by atoms with Crippen molar-refractivity contribution >= 4 is 0 Å². The Hall–Kier alpha value is -1.00. The minimum absolute atomic E-state index is 0.616. The van der Waals surface area contributed by atoms with Crippen molar-refractivity contribution in [3.05, 3.63) is 24.3 Å². The van der Waals surface area contributed by atoms with Gasteiger partial charge in [0.15, 0.2) is 0 Å². The molecule has 0 fully saturated rings. The summed E-state index contributed by atoms with van der Waals surface area (Å²) in [6.07, 6.45) is 5.40. The Morgan fingerprint density at radius 1 is 1.54 bits per heavy atom. The maximum Gasteiger partial charge on any atom is 0.106 e. The lowest BCUT2D eigenvalue weighted by Gasteiger charge is -2.21.